The van der Waals surface area contributed by atoms with E-state index in [1.807, 2.05) is 0 Å². The van der Waals surface area contributed by atoms with Gasteiger partial charge in [-0.2, -0.15) is 13.2 Å². The number of benzene rings is 1. The number of nitrogens with two attached hydrogens (primary N) is 1. The van der Waals surface area contributed by atoms with E-state index in [2.05, 4.69) is 15.0 Å². The summed E-state index contributed by atoms with van der Waals surface area (Å²) in [5.74, 6) is -0.754. The van der Waals surface area contributed by atoms with E-state index in [1.165, 1.54) is 30.5 Å². The first kappa shape index (κ1) is 24.9. The number of nitrogens with one attached hydrogen (secondary N) is 1. The van der Waals surface area contributed by atoms with Gasteiger partial charge in [-0.3, -0.25) is 9.59 Å². The van der Waals surface area contributed by atoms with Gasteiger partial charge in [0, 0.05) is 34.9 Å². The van der Waals surface area contributed by atoms with Gasteiger partial charge in [-0.1, -0.05) is 19.9 Å². The predicted molar refractivity (Wildman–Crippen MR) is 117 cm³/mol. The molecule has 34 heavy (non-hydrogen) atoms. The van der Waals surface area contributed by atoms with Crippen molar-refractivity contribution in [3.05, 3.63) is 64.1 Å². The SMILES string of the molecule is CC(C)(Cc1ccc(C(F)(F)F)c(-c2nc(-c3ccc(OCCF)nc3)cc(=O)[nH]2)c1)C(N)=O. The Morgan fingerprint density at radius 3 is 2.47 bits per heavy atom. The molecule has 11 heteroatoms. The highest BCUT2D eigenvalue weighted by atomic mass is 19.4. The number of aromatic amines is 1. The average molecular weight is 478 g/mol. The van der Waals surface area contributed by atoms with Crippen LogP contribution in [-0.2, 0) is 17.4 Å². The van der Waals surface area contributed by atoms with Crippen molar-refractivity contribution in [3.63, 3.8) is 0 Å². The summed E-state index contributed by atoms with van der Waals surface area (Å²) in [4.78, 5) is 34.6. The van der Waals surface area contributed by atoms with Crippen LogP contribution in [0.4, 0.5) is 17.6 Å². The number of pyridine rings is 1. The summed E-state index contributed by atoms with van der Waals surface area (Å²) in [5.41, 5.74) is 3.22. The van der Waals surface area contributed by atoms with E-state index < -0.39 is 35.3 Å². The number of nitrogens with zero attached hydrogens (tertiary/aromatic N) is 2. The molecule has 0 fully saturated rings. The number of carbonyl (C=O) groups is 1. The lowest BCUT2D eigenvalue weighted by molar-refractivity contribution is -0.137. The van der Waals surface area contributed by atoms with Crippen molar-refractivity contribution in [1.29, 1.82) is 0 Å². The summed E-state index contributed by atoms with van der Waals surface area (Å²) in [6, 6.07) is 7.44. The largest absolute Gasteiger partial charge is 0.475 e. The number of carbonyl (C=O) groups excluding carboxylic acids is 1. The van der Waals surface area contributed by atoms with Gasteiger partial charge in [-0.05, 0) is 30.2 Å². The molecule has 0 radical (unpaired) electrons. The lowest BCUT2D eigenvalue weighted by Crippen LogP contribution is -2.33. The molecule has 7 nitrogen and oxygen atoms in total. The number of rotatable bonds is 8. The van der Waals surface area contributed by atoms with Gasteiger partial charge in [0.25, 0.3) is 5.56 Å². The Balaban J connectivity index is 2.09. The number of amides is 1. The third-order valence-corrected chi connectivity index (χ3v) is 5.06. The van der Waals surface area contributed by atoms with Gasteiger partial charge in [-0.15, -0.1) is 0 Å². The zero-order valence-electron chi connectivity index (χ0n) is 18.4. The summed E-state index contributed by atoms with van der Waals surface area (Å²) in [6.07, 6.45) is -3.32. The summed E-state index contributed by atoms with van der Waals surface area (Å²) < 4.78 is 58.6. The molecule has 0 aliphatic rings. The number of hydrogen-bond donors (Lipinski definition) is 2. The minimum Gasteiger partial charge on any atom is -0.475 e. The molecule has 0 atom stereocenters. The summed E-state index contributed by atoms with van der Waals surface area (Å²) in [6.45, 7) is 2.30. The molecule has 0 aliphatic carbocycles. The zero-order chi connectivity index (χ0) is 25.1. The summed E-state index contributed by atoms with van der Waals surface area (Å²) in [7, 11) is 0. The average Bonchev–Trinajstić information content (AvgIpc) is 2.76. The van der Waals surface area contributed by atoms with Crippen LogP contribution in [0.3, 0.4) is 0 Å². The first-order valence-corrected chi connectivity index (χ1v) is 10.2. The fourth-order valence-electron chi connectivity index (χ4n) is 3.24. The smallest absolute Gasteiger partial charge is 0.417 e. The fraction of sp³-hybridized carbons (Fsp3) is 0.304. The Kier molecular flexibility index (Phi) is 7.04. The molecule has 0 saturated carbocycles. The van der Waals surface area contributed by atoms with Gasteiger partial charge >= 0.3 is 6.18 Å². The Morgan fingerprint density at radius 1 is 1.15 bits per heavy atom. The quantitative estimate of drug-likeness (QED) is 0.477. The second-order valence-corrected chi connectivity index (χ2v) is 8.20. The molecule has 1 amide bonds. The molecule has 3 N–H and O–H groups in total. The van der Waals surface area contributed by atoms with Crippen LogP contribution in [0.1, 0.15) is 25.0 Å². The summed E-state index contributed by atoms with van der Waals surface area (Å²) in [5, 5.41) is 0. The second-order valence-electron chi connectivity index (χ2n) is 8.20. The normalized spacial score (nSPS) is 11.9. The highest BCUT2D eigenvalue weighted by molar-refractivity contribution is 5.80. The van der Waals surface area contributed by atoms with Crippen molar-refractivity contribution < 1.29 is 27.1 Å². The maximum Gasteiger partial charge on any atom is 0.417 e. The molecule has 1 aromatic carbocycles. The highest BCUT2D eigenvalue weighted by Crippen LogP contribution is 2.37. The van der Waals surface area contributed by atoms with E-state index in [1.54, 1.807) is 13.8 Å². The van der Waals surface area contributed by atoms with Crippen molar-refractivity contribution in [1.82, 2.24) is 15.0 Å². The predicted octanol–water partition coefficient (Wildman–Crippen LogP) is 3.92. The maximum atomic E-state index is 13.8. The monoisotopic (exact) mass is 478 g/mol. The standard InChI is InChI=1S/C23H22F4N4O3/c1-22(2,21(28)33)11-13-3-5-16(23(25,26)27)15(9-13)20-30-17(10-18(32)31-20)14-4-6-19(29-12-14)34-8-7-24/h3-6,9-10,12H,7-8,11H2,1-2H3,(H2,28,33)(H,30,31,32). The molecule has 0 aliphatic heterocycles. The number of hydrogen-bond acceptors (Lipinski definition) is 5. The van der Waals surface area contributed by atoms with Crippen LogP contribution < -0.4 is 16.0 Å². The van der Waals surface area contributed by atoms with Crippen molar-refractivity contribution in [2.45, 2.75) is 26.4 Å². The molecule has 0 bridgehead atoms. The minimum atomic E-state index is -4.72. The van der Waals surface area contributed by atoms with E-state index in [9.17, 15) is 27.2 Å². The van der Waals surface area contributed by atoms with E-state index in [4.69, 9.17) is 10.5 Å². The number of aromatic nitrogens is 3. The van der Waals surface area contributed by atoms with Crippen molar-refractivity contribution >= 4 is 5.91 Å². The second kappa shape index (κ2) is 9.62. The topological polar surface area (TPSA) is 111 Å². The molecule has 2 heterocycles. The third-order valence-electron chi connectivity index (χ3n) is 5.06. The van der Waals surface area contributed by atoms with Crippen LogP contribution >= 0.6 is 0 Å². The van der Waals surface area contributed by atoms with E-state index in [0.29, 0.717) is 11.1 Å². The molecular formula is C23H22F4N4O3. The van der Waals surface area contributed by atoms with Gasteiger partial charge in [0.2, 0.25) is 11.8 Å². The number of halogens is 4. The van der Waals surface area contributed by atoms with Crippen LogP contribution in [0, 0.1) is 5.41 Å². The Labute approximate surface area is 192 Å². The molecule has 2 aromatic heterocycles. The van der Waals surface area contributed by atoms with Crippen LogP contribution in [0.5, 0.6) is 5.88 Å². The maximum absolute atomic E-state index is 13.8. The van der Waals surface area contributed by atoms with Crippen LogP contribution in [0.2, 0.25) is 0 Å². The van der Waals surface area contributed by atoms with E-state index in [-0.39, 0.29) is 36.0 Å². The summed E-state index contributed by atoms with van der Waals surface area (Å²) >= 11 is 0. The van der Waals surface area contributed by atoms with Crippen molar-refractivity contribution in [2.75, 3.05) is 13.3 Å². The van der Waals surface area contributed by atoms with Crippen molar-refractivity contribution in [2.24, 2.45) is 11.1 Å². The van der Waals surface area contributed by atoms with Gasteiger partial charge < -0.3 is 15.5 Å². The van der Waals surface area contributed by atoms with E-state index >= 15 is 0 Å². The molecule has 0 spiro atoms. The van der Waals surface area contributed by atoms with E-state index in [0.717, 1.165) is 12.1 Å². The van der Waals surface area contributed by atoms with Crippen molar-refractivity contribution in [3.8, 4) is 28.5 Å². The molecule has 3 aromatic rings. The number of primary amides is 1. The lowest BCUT2D eigenvalue weighted by Gasteiger charge is -2.21. The van der Waals surface area contributed by atoms with Crippen LogP contribution in [0.15, 0.2) is 47.4 Å². The number of H-pyrrole nitrogens is 1. The van der Waals surface area contributed by atoms with Gasteiger partial charge in [0.15, 0.2) is 0 Å². The first-order valence-electron chi connectivity index (χ1n) is 10.2. The molecule has 0 saturated heterocycles. The Hall–Kier alpha value is -3.76. The fourth-order valence-corrected chi connectivity index (χ4v) is 3.24. The minimum absolute atomic E-state index is 0.0827. The number of ether oxygens (including phenoxy) is 1. The Morgan fingerprint density at radius 2 is 1.88 bits per heavy atom. The van der Waals surface area contributed by atoms with Crippen LogP contribution in [0.25, 0.3) is 22.6 Å². The zero-order valence-corrected chi connectivity index (χ0v) is 18.4. The lowest BCUT2D eigenvalue weighted by atomic mass is 9.84. The third kappa shape index (κ3) is 5.77. The Bertz CT molecular complexity index is 1240. The first-order chi connectivity index (χ1) is 15.9. The molecule has 180 valence electrons. The van der Waals surface area contributed by atoms with Gasteiger partial charge in [0.1, 0.15) is 19.1 Å². The molecule has 3 rings (SSSR count). The molecular weight excluding hydrogens is 456 g/mol. The van der Waals surface area contributed by atoms with Gasteiger partial charge in [0.05, 0.1) is 11.3 Å². The molecule has 0 unspecified atom stereocenters. The van der Waals surface area contributed by atoms with Gasteiger partial charge in [-0.25, -0.2) is 14.4 Å². The number of alkyl halides is 4. The highest BCUT2D eigenvalue weighted by Gasteiger charge is 2.35. The van der Waals surface area contributed by atoms with Crippen LogP contribution in [-0.4, -0.2) is 34.1 Å².